The van der Waals surface area contributed by atoms with E-state index in [9.17, 15) is 14.4 Å². The first-order chi connectivity index (χ1) is 15.4. The second kappa shape index (κ2) is 8.12. The highest BCUT2D eigenvalue weighted by Crippen LogP contribution is 2.35. The van der Waals surface area contributed by atoms with Crippen LogP contribution in [0.1, 0.15) is 66.4 Å². The average Bonchev–Trinajstić information content (AvgIpc) is 3.16. The molecule has 7 heteroatoms. The molecule has 0 N–H and O–H groups in total. The fourth-order valence-corrected chi connectivity index (χ4v) is 6.50. The number of aromatic nitrogens is 2. The van der Waals surface area contributed by atoms with E-state index in [-0.39, 0.29) is 29.6 Å². The summed E-state index contributed by atoms with van der Waals surface area (Å²) in [6.07, 6.45) is 5.13. The van der Waals surface area contributed by atoms with Crippen molar-refractivity contribution in [3.05, 3.63) is 67.2 Å². The molecule has 1 aromatic carbocycles. The Morgan fingerprint density at radius 1 is 1.16 bits per heavy atom. The third kappa shape index (κ3) is 3.67. The van der Waals surface area contributed by atoms with Gasteiger partial charge in [0.05, 0.1) is 17.5 Å². The first-order valence-corrected chi connectivity index (χ1v) is 12.2. The van der Waals surface area contributed by atoms with Crippen LogP contribution in [-0.4, -0.2) is 27.1 Å². The summed E-state index contributed by atoms with van der Waals surface area (Å²) in [5, 5.41) is 0.648. The number of ketones is 1. The van der Waals surface area contributed by atoms with Crippen molar-refractivity contribution in [3.8, 4) is 0 Å². The number of ether oxygens (including phenoxy) is 1. The zero-order chi connectivity index (χ0) is 22.5. The largest absolute Gasteiger partial charge is 0.375 e. The second-order valence-electron chi connectivity index (χ2n) is 9.48. The maximum absolute atomic E-state index is 13.7. The molecule has 5 rings (SSSR count). The fraction of sp³-hybridized carbons (Fsp3) is 0.480. The molecule has 2 aliphatic rings. The van der Waals surface area contributed by atoms with E-state index in [0.29, 0.717) is 35.2 Å². The third-order valence-electron chi connectivity index (χ3n) is 6.70. The van der Waals surface area contributed by atoms with Crippen LogP contribution in [-0.2, 0) is 24.1 Å². The monoisotopic (exact) mass is 452 g/mol. The lowest BCUT2D eigenvalue weighted by molar-refractivity contribution is -0.0702. The highest BCUT2D eigenvalue weighted by molar-refractivity contribution is 7.18. The summed E-state index contributed by atoms with van der Waals surface area (Å²) < 4.78 is 8.81. The quantitative estimate of drug-likeness (QED) is 0.559. The first-order valence-electron chi connectivity index (χ1n) is 11.4. The number of nitrogens with zero attached hydrogens (tertiary/aromatic N) is 2. The maximum atomic E-state index is 13.7. The maximum Gasteiger partial charge on any atom is 0.332 e. The van der Waals surface area contributed by atoms with E-state index in [1.165, 1.54) is 20.8 Å². The molecule has 3 heterocycles. The molecule has 0 radical (unpaired) electrons. The third-order valence-corrected chi connectivity index (χ3v) is 8.02. The Morgan fingerprint density at radius 3 is 2.66 bits per heavy atom. The lowest BCUT2D eigenvalue weighted by Gasteiger charge is -2.36. The van der Waals surface area contributed by atoms with Crippen molar-refractivity contribution < 1.29 is 9.53 Å². The molecule has 1 fully saturated rings. The van der Waals surface area contributed by atoms with Crippen molar-refractivity contribution in [2.75, 3.05) is 6.61 Å². The minimum Gasteiger partial charge on any atom is -0.375 e. The molecule has 0 bridgehead atoms. The lowest BCUT2D eigenvalue weighted by Crippen LogP contribution is -2.47. The number of aryl methyl sites for hydroxylation is 2. The van der Waals surface area contributed by atoms with Gasteiger partial charge < -0.3 is 4.74 Å². The van der Waals surface area contributed by atoms with Crippen LogP contribution in [0.2, 0.25) is 0 Å². The van der Waals surface area contributed by atoms with E-state index in [1.54, 1.807) is 16.7 Å². The van der Waals surface area contributed by atoms with Crippen molar-refractivity contribution in [2.24, 2.45) is 0 Å². The Morgan fingerprint density at radius 2 is 1.91 bits per heavy atom. The van der Waals surface area contributed by atoms with Crippen LogP contribution < -0.4 is 11.2 Å². The van der Waals surface area contributed by atoms with E-state index in [1.807, 2.05) is 32.0 Å². The molecule has 6 nitrogen and oxygen atoms in total. The summed E-state index contributed by atoms with van der Waals surface area (Å²) in [7, 11) is 0. The van der Waals surface area contributed by atoms with E-state index in [2.05, 4.69) is 0 Å². The standard InChI is InChI=1S/C25H28N2O4S/c1-25(2)14-17(12-13-31-25)27-22(29)21-18-10-6-7-11-20(18)32-23(21)26(24(27)30)15-19(28)16-8-4-3-5-9-16/h3-5,8-9,17H,6-7,10-15H2,1-2H3/t17-/m1/s1. The zero-order valence-corrected chi connectivity index (χ0v) is 19.4. The molecule has 1 aliphatic heterocycles. The minimum atomic E-state index is -0.400. The Hall–Kier alpha value is -2.51. The van der Waals surface area contributed by atoms with E-state index in [4.69, 9.17) is 4.74 Å². The van der Waals surface area contributed by atoms with Crippen LogP contribution in [0, 0.1) is 0 Å². The summed E-state index contributed by atoms with van der Waals surface area (Å²) in [5.41, 5.74) is 0.673. The lowest BCUT2D eigenvalue weighted by atomic mass is 9.93. The van der Waals surface area contributed by atoms with Gasteiger partial charge in [-0.25, -0.2) is 4.79 Å². The number of benzene rings is 1. The van der Waals surface area contributed by atoms with E-state index >= 15 is 0 Å². The van der Waals surface area contributed by atoms with Gasteiger partial charge in [0.2, 0.25) is 0 Å². The number of hydrogen-bond donors (Lipinski definition) is 0. The number of carbonyl (C=O) groups is 1. The molecule has 1 aliphatic carbocycles. The fourth-order valence-electron chi connectivity index (χ4n) is 5.13. The topological polar surface area (TPSA) is 70.3 Å². The van der Waals surface area contributed by atoms with Crippen LogP contribution in [0.3, 0.4) is 0 Å². The summed E-state index contributed by atoms with van der Waals surface area (Å²) in [5.74, 6) is -0.127. The van der Waals surface area contributed by atoms with Gasteiger partial charge in [0.25, 0.3) is 5.56 Å². The second-order valence-corrected chi connectivity index (χ2v) is 10.6. The van der Waals surface area contributed by atoms with Gasteiger partial charge in [-0.05, 0) is 57.9 Å². The highest BCUT2D eigenvalue weighted by atomic mass is 32.1. The van der Waals surface area contributed by atoms with Crippen LogP contribution >= 0.6 is 11.3 Å². The number of carbonyl (C=O) groups excluding carboxylic acids is 1. The van der Waals surface area contributed by atoms with E-state index in [0.717, 1.165) is 31.2 Å². The Kier molecular flexibility index (Phi) is 5.42. The molecule has 0 spiro atoms. The number of fused-ring (bicyclic) bond motifs is 3. The van der Waals surface area contributed by atoms with Gasteiger partial charge in [-0.2, -0.15) is 0 Å². The molecule has 3 aromatic rings. The van der Waals surface area contributed by atoms with Crippen molar-refractivity contribution >= 4 is 27.3 Å². The predicted molar refractivity (Wildman–Crippen MR) is 126 cm³/mol. The van der Waals surface area contributed by atoms with Gasteiger partial charge >= 0.3 is 5.69 Å². The Labute approximate surface area is 190 Å². The van der Waals surface area contributed by atoms with Crippen LogP contribution in [0.15, 0.2) is 39.9 Å². The SMILES string of the molecule is CC1(C)C[C@H](n2c(=O)c3c4c(sc3n(CC(=O)c3ccccc3)c2=O)CCCC4)CCO1. The Balaban J connectivity index is 1.71. The summed E-state index contributed by atoms with van der Waals surface area (Å²) in [4.78, 5) is 42.4. The molecule has 1 saturated heterocycles. The van der Waals surface area contributed by atoms with Gasteiger partial charge in [0.15, 0.2) is 5.78 Å². The van der Waals surface area contributed by atoms with Crippen molar-refractivity contribution in [1.29, 1.82) is 0 Å². The van der Waals surface area contributed by atoms with Gasteiger partial charge in [0.1, 0.15) is 4.83 Å². The van der Waals surface area contributed by atoms with Crippen LogP contribution in [0.25, 0.3) is 10.2 Å². The van der Waals surface area contributed by atoms with Crippen LogP contribution in [0.4, 0.5) is 0 Å². The number of rotatable bonds is 4. The Bertz CT molecular complexity index is 1300. The molecular formula is C25H28N2O4S. The minimum absolute atomic E-state index is 0.0639. The van der Waals surface area contributed by atoms with Gasteiger partial charge in [-0.3, -0.25) is 18.7 Å². The molecule has 32 heavy (non-hydrogen) atoms. The smallest absolute Gasteiger partial charge is 0.332 e. The highest BCUT2D eigenvalue weighted by Gasteiger charge is 2.33. The van der Waals surface area contributed by atoms with Gasteiger partial charge in [0, 0.05) is 23.1 Å². The zero-order valence-electron chi connectivity index (χ0n) is 18.6. The molecule has 168 valence electrons. The number of hydrogen-bond acceptors (Lipinski definition) is 5. The molecule has 0 saturated carbocycles. The number of thiophene rings is 1. The summed E-state index contributed by atoms with van der Waals surface area (Å²) in [6.45, 7) is 4.43. The van der Waals surface area contributed by atoms with E-state index < -0.39 is 5.60 Å². The van der Waals surface area contributed by atoms with Crippen molar-refractivity contribution in [1.82, 2.24) is 9.13 Å². The van der Waals surface area contributed by atoms with Crippen LogP contribution in [0.5, 0.6) is 0 Å². The van der Waals surface area contributed by atoms with Gasteiger partial charge in [-0.1, -0.05) is 30.3 Å². The molecule has 0 unspecified atom stereocenters. The molecule has 2 aromatic heterocycles. The molecule has 1 atom stereocenters. The normalized spacial score (nSPS) is 20.2. The summed E-state index contributed by atoms with van der Waals surface area (Å²) >= 11 is 1.52. The predicted octanol–water partition coefficient (Wildman–Crippen LogP) is 4.12. The van der Waals surface area contributed by atoms with Crippen molar-refractivity contribution in [3.63, 3.8) is 0 Å². The van der Waals surface area contributed by atoms with Gasteiger partial charge in [-0.15, -0.1) is 11.3 Å². The molecular weight excluding hydrogens is 424 g/mol. The summed E-state index contributed by atoms with van der Waals surface area (Å²) in [6, 6.07) is 8.80. The number of Topliss-reactive ketones (excluding diaryl/α,β-unsaturated/α-hetero) is 1. The van der Waals surface area contributed by atoms with Crippen molar-refractivity contribution in [2.45, 2.75) is 70.6 Å². The average molecular weight is 453 g/mol. The molecule has 0 amide bonds. The first kappa shape index (κ1) is 21.3.